The molecule has 0 aliphatic carbocycles. The van der Waals surface area contributed by atoms with Crippen LogP contribution in [0, 0.1) is 5.92 Å². The van der Waals surface area contributed by atoms with Crippen LogP contribution in [-0.4, -0.2) is 28.0 Å². The summed E-state index contributed by atoms with van der Waals surface area (Å²) in [5.41, 5.74) is 5.60. The molecule has 0 radical (unpaired) electrons. The second-order valence-electron chi connectivity index (χ2n) is 4.68. The second-order valence-corrected chi connectivity index (χ2v) is 4.68. The predicted molar refractivity (Wildman–Crippen MR) is 81.8 cm³/mol. The summed E-state index contributed by atoms with van der Waals surface area (Å²) < 4.78 is 2.01. The van der Waals surface area contributed by atoms with Gasteiger partial charge in [0.05, 0.1) is 6.33 Å². The summed E-state index contributed by atoms with van der Waals surface area (Å²) in [6.45, 7) is 5.57. The smallest absolute Gasteiger partial charge is 0.220 e. The summed E-state index contributed by atoms with van der Waals surface area (Å²) >= 11 is 0. The maximum Gasteiger partial charge on any atom is 0.220 e. The molecule has 2 unspecified atom stereocenters. The van der Waals surface area contributed by atoms with Gasteiger partial charge in [-0.15, -0.1) is 24.8 Å². The number of hydrogen-bond acceptors (Lipinski definition) is 3. The largest absolute Gasteiger partial charge is 0.356 e. The van der Waals surface area contributed by atoms with Gasteiger partial charge in [0.25, 0.3) is 0 Å². The molecule has 19 heavy (non-hydrogen) atoms. The molecule has 1 aromatic heterocycles. The second kappa shape index (κ2) is 11.1. The molecule has 0 saturated heterocycles. The third-order valence-corrected chi connectivity index (χ3v) is 2.56. The minimum Gasteiger partial charge on any atom is -0.356 e. The van der Waals surface area contributed by atoms with Gasteiger partial charge in [-0.25, -0.2) is 4.98 Å². The molecular formula is C12H24Cl2N4O. The number of nitrogens with zero attached hydrogens (tertiary/aromatic N) is 2. The van der Waals surface area contributed by atoms with Crippen LogP contribution in [0.15, 0.2) is 18.7 Å². The number of aromatic nitrogens is 2. The molecule has 2 atom stereocenters. The Morgan fingerprint density at radius 2 is 2.11 bits per heavy atom. The minimum atomic E-state index is 0. The van der Waals surface area contributed by atoms with E-state index >= 15 is 0 Å². The minimum absolute atomic E-state index is 0. The zero-order valence-corrected chi connectivity index (χ0v) is 13.0. The first-order valence-electron chi connectivity index (χ1n) is 6.06. The molecule has 7 heteroatoms. The van der Waals surface area contributed by atoms with E-state index in [9.17, 15) is 4.79 Å². The maximum absolute atomic E-state index is 11.5. The Balaban J connectivity index is 0. The summed E-state index contributed by atoms with van der Waals surface area (Å²) in [6.07, 6.45) is 6.72. The summed E-state index contributed by atoms with van der Waals surface area (Å²) in [5, 5.41) is 2.92. The van der Waals surface area contributed by atoms with Gasteiger partial charge >= 0.3 is 0 Å². The van der Waals surface area contributed by atoms with Gasteiger partial charge in [-0.1, -0.05) is 6.92 Å². The van der Waals surface area contributed by atoms with Crippen molar-refractivity contribution < 1.29 is 4.79 Å². The number of imidazole rings is 1. The van der Waals surface area contributed by atoms with Crippen LogP contribution in [-0.2, 0) is 11.3 Å². The highest BCUT2D eigenvalue weighted by Gasteiger charge is 2.07. The molecule has 0 fully saturated rings. The van der Waals surface area contributed by atoms with Crippen LogP contribution in [0.5, 0.6) is 0 Å². The van der Waals surface area contributed by atoms with Gasteiger partial charge in [0, 0.05) is 37.9 Å². The fraction of sp³-hybridized carbons (Fsp3) is 0.667. The molecule has 0 aromatic carbocycles. The average Bonchev–Trinajstić information content (AvgIpc) is 2.76. The molecule has 1 rings (SSSR count). The highest BCUT2D eigenvalue weighted by Crippen LogP contribution is 1.99. The van der Waals surface area contributed by atoms with Crippen molar-refractivity contribution in [1.29, 1.82) is 0 Å². The van der Waals surface area contributed by atoms with Crippen molar-refractivity contribution >= 4 is 30.7 Å². The monoisotopic (exact) mass is 310 g/mol. The number of amides is 1. The van der Waals surface area contributed by atoms with Gasteiger partial charge in [0.15, 0.2) is 0 Å². The number of carbonyl (C=O) groups excluding carboxylic acids is 1. The maximum atomic E-state index is 11.5. The van der Waals surface area contributed by atoms with Crippen LogP contribution in [0.2, 0.25) is 0 Å². The van der Waals surface area contributed by atoms with Crippen molar-refractivity contribution in [2.45, 2.75) is 39.3 Å². The lowest BCUT2D eigenvalue weighted by Crippen LogP contribution is -2.30. The van der Waals surface area contributed by atoms with Crippen LogP contribution in [0.1, 0.15) is 26.7 Å². The van der Waals surface area contributed by atoms with E-state index in [0.717, 1.165) is 13.0 Å². The Labute approximate surface area is 127 Å². The van der Waals surface area contributed by atoms with Crippen molar-refractivity contribution in [2.24, 2.45) is 11.7 Å². The van der Waals surface area contributed by atoms with Crippen LogP contribution in [0.3, 0.4) is 0 Å². The Hall–Kier alpha value is -0.780. The quantitative estimate of drug-likeness (QED) is 0.803. The molecule has 0 saturated carbocycles. The van der Waals surface area contributed by atoms with E-state index in [4.69, 9.17) is 5.73 Å². The van der Waals surface area contributed by atoms with Crippen molar-refractivity contribution in [1.82, 2.24) is 14.9 Å². The zero-order chi connectivity index (χ0) is 12.7. The molecule has 5 nitrogen and oxygen atoms in total. The van der Waals surface area contributed by atoms with Crippen LogP contribution >= 0.6 is 24.8 Å². The van der Waals surface area contributed by atoms with Crippen LogP contribution in [0.4, 0.5) is 0 Å². The zero-order valence-electron chi connectivity index (χ0n) is 11.4. The van der Waals surface area contributed by atoms with Gasteiger partial charge in [0.1, 0.15) is 0 Å². The number of halogens is 2. The van der Waals surface area contributed by atoms with Gasteiger partial charge < -0.3 is 15.6 Å². The third-order valence-electron chi connectivity index (χ3n) is 2.56. The molecule has 3 N–H and O–H groups in total. The highest BCUT2D eigenvalue weighted by molar-refractivity contribution is 5.85. The van der Waals surface area contributed by atoms with Crippen LogP contribution in [0.25, 0.3) is 0 Å². The van der Waals surface area contributed by atoms with Crippen molar-refractivity contribution in [3.8, 4) is 0 Å². The molecule has 1 amide bonds. The van der Waals surface area contributed by atoms with Crippen molar-refractivity contribution in [3.05, 3.63) is 18.7 Å². The number of nitrogens with one attached hydrogen (secondary N) is 1. The molecule has 0 aliphatic rings. The Kier molecular flexibility index (Phi) is 12.0. The summed E-state index contributed by atoms with van der Waals surface area (Å²) in [5.74, 6) is 0.475. The Morgan fingerprint density at radius 3 is 2.63 bits per heavy atom. The van der Waals surface area contributed by atoms with E-state index in [-0.39, 0.29) is 36.8 Å². The molecule has 1 aromatic rings. The number of hydrogen-bond donors (Lipinski definition) is 2. The summed E-state index contributed by atoms with van der Waals surface area (Å²) in [4.78, 5) is 15.4. The van der Waals surface area contributed by atoms with E-state index < -0.39 is 0 Å². The summed E-state index contributed by atoms with van der Waals surface area (Å²) in [6, 6.07) is 0.0872. The van der Waals surface area contributed by atoms with Gasteiger partial charge in [0.2, 0.25) is 5.91 Å². The van der Waals surface area contributed by atoms with E-state index in [0.29, 0.717) is 18.9 Å². The number of carbonyl (C=O) groups is 1. The molecule has 0 bridgehead atoms. The fourth-order valence-corrected chi connectivity index (χ4v) is 1.55. The Morgan fingerprint density at radius 1 is 1.42 bits per heavy atom. The SMILES string of the molecule is CC(N)CCC(=O)NCC(C)Cn1ccnc1.Cl.Cl. The molecular weight excluding hydrogens is 287 g/mol. The lowest BCUT2D eigenvalue weighted by molar-refractivity contribution is -0.121. The summed E-state index contributed by atoms with van der Waals surface area (Å²) in [7, 11) is 0. The Bertz CT molecular complexity index is 330. The van der Waals surface area contributed by atoms with Gasteiger partial charge in [-0.05, 0) is 19.3 Å². The van der Waals surface area contributed by atoms with Crippen molar-refractivity contribution in [3.63, 3.8) is 0 Å². The van der Waals surface area contributed by atoms with Crippen molar-refractivity contribution in [2.75, 3.05) is 6.54 Å². The lowest BCUT2D eigenvalue weighted by Gasteiger charge is -2.13. The van der Waals surface area contributed by atoms with Gasteiger partial charge in [-0.3, -0.25) is 4.79 Å². The van der Waals surface area contributed by atoms with Gasteiger partial charge in [-0.2, -0.15) is 0 Å². The first-order chi connectivity index (χ1) is 8.08. The molecule has 112 valence electrons. The third kappa shape index (κ3) is 9.76. The molecule has 0 aliphatic heterocycles. The number of rotatable bonds is 7. The van der Waals surface area contributed by atoms with E-state index in [2.05, 4.69) is 17.2 Å². The standard InChI is InChI=1S/C12H22N4O.2ClH/c1-10(8-16-6-5-14-9-16)7-15-12(17)4-3-11(2)13;;/h5-6,9-11H,3-4,7-8,13H2,1-2H3,(H,15,17);2*1H. The topological polar surface area (TPSA) is 72.9 Å². The van der Waals surface area contributed by atoms with Crippen LogP contribution < -0.4 is 11.1 Å². The first-order valence-corrected chi connectivity index (χ1v) is 6.06. The van der Waals surface area contributed by atoms with E-state index in [1.54, 1.807) is 12.5 Å². The average molecular weight is 311 g/mol. The first kappa shape index (κ1) is 20.5. The van der Waals surface area contributed by atoms with E-state index in [1.165, 1.54) is 0 Å². The highest BCUT2D eigenvalue weighted by atomic mass is 35.5. The predicted octanol–water partition coefficient (Wildman–Crippen LogP) is 1.61. The molecule has 1 heterocycles. The normalized spacial score (nSPS) is 12.8. The lowest BCUT2D eigenvalue weighted by atomic mass is 10.1. The number of nitrogens with two attached hydrogens (primary N) is 1. The molecule has 0 spiro atoms. The van der Waals surface area contributed by atoms with E-state index in [1.807, 2.05) is 17.7 Å². The fourth-order valence-electron chi connectivity index (χ4n) is 1.55.